The first-order valence-corrected chi connectivity index (χ1v) is 14.8. The lowest BCUT2D eigenvalue weighted by atomic mass is 9.94. The molecule has 5 nitrogen and oxygen atoms in total. The first-order valence-electron chi connectivity index (χ1n) is 14.8. The fourth-order valence-electron chi connectivity index (χ4n) is 6.14. The highest BCUT2D eigenvalue weighted by molar-refractivity contribution is 6.01. The molecule has 7 aromatic rings. The molecule has 0 fully saturated rings. The number of furan rings is 1. The van der Waals surface area contributed by atoms with Crippen LogP contribution in [0.5, 0.6) is 23.0 Å². The second kappa shape index (κ2) is 10.9. The normalized spacial score (nSPS) is 12.0. The van der Waals surface area contributed by atoms with E-state index in [0.717, 1.165) is 78.4 Å². The summed E-state index contributed by atoms with van der Waals surface area (Å²) >= 11 is 0. The van der Waals surface area contributed by atoms with E-state index in [4.69, 9.17) is 19.6 Å². The molecule has 2 aromatic heterocycles. The Labute approximate surface area is 260 Å². The molecule has 2 N–H and O–H groups in total. The van der Waals surface area contributed by atoms with E-state index < -0.39 is 0 Å². The third-order valence-electron chi connectivity index (χ3n) is 8.23. The van der Waals surface area contributed by atoms with Gasteiger partial charge in [0.2, 0.25) is 0 Å². The summed E-state index contributed by atoms with van der Waals surface area (Å²) in [7, 11) is 0. The molecule has 0 amide bonds. The van der Waals surface area contributed by atoms with Crippen LogP contribution in [0.4, 0.5) is 0 Å². The second-order valence-electron chi connectivity index (χ2n) is 10.9. The van der Waals surface area contributed by atoms with Crippen LogP contribution in [0.25, 0.3) is 61.7 Å². The topological polar surface area (TPSA) is 70.5 Å². The molecule has 216 valence electrons. The summed E-state index contributed by atoms with van der Waals surface area (Å²) in [5.41, 5.74) is 15.2. The van der Waals surface area contributed by atoms with Gasteiger partial charge in [0.25, 0.3) is 0 Å². The van der Waals surface area contributed by atoms with Gasteiger partial charge in [-0.05, 0) is 84.9 Å². The molecule has 8 rings (SSSR count). The number of nitrogens with zero attached hydrogens (tertiary/aromatic N) is 1. The van der Waals surface area contributed by atoms with Crippen LogP contribution in [0.2, 0.25) is 0 Å². The minimum Gasteiger partial charge on any atom is -0.461 e. The number of hydrogen-bond donors (Lipinski definition) is 1. The maximum absolute atomic E-state index is 6.88. The van der Waals surface area contributed by atoms with Crippen molar-refractivity contribution in [1.82, 2.24) is 4.98 Å². The van der Waals surface area contributed by atoms with Gasteiger partial charge in [-0.2, -0.15) is 0 Å². The highest BCUT2D eigenvalue weighted by Crippen LogP contribution is 2.49. The molecule has 0 unspecified atom stereocenters. The first-order chi connectivity index (χ1) is 22.2. The number of hydrogen-bond acceptors (Lipinski definition) is 5. The van der Waals surface area contributed by atoms with Gasteiger partial charge in [0.1, 0.15) is 34.3 Å². The fourth-order valence-corrected chi connectivity index (χ4v) is 6.14. The summed E-state index contributed by atoms with van der Waals surface area (Å²) < 4.78 is 19.8. The first kappa shape index (κ1) is 26.5. The maximum Gasteiger partial charge on any atom is 0.136 e. The predicted octanol–water partition coefficient (Wildman–Crippen LogP) is 10.6. The number of rotatable bonds is 3. The molecular formula is C40H28N2O3. The predicted molar refractivity (Wildman–Crippen MR) is 180 cm³/mol. The van der Waals surface area contributed by atoms with E-state index >= 15 is 0 Å². The summed E-state index contributed by atoms with van der Waals surface area (Å²) in [6.45, 7) is 1.96. The SMILES string of the molecule is Cc1oc2cccc(-c3ccc4c(c3)Oc3ccccc3-c3ccccc3Oc3cc(-c5ccccn5)ccc3-4)c2c1/C=C\N. The van der Waals surface area contributed by atoms with E-state index in [-0.39, 0.29) is 0 Å². The molecule has 0 spiro atoms. The molecule has 45 heavy (non-hydrogen) atoms. The van der Waals surface area contributed by atoms with Crippen LogP contribution < -0.4 is 15.2 Å². The number of aryl methyl sites for hydroxylation is 1. The quantitative estimate of drug-likeness (QED) is 0.224. The smallest absolute Gasteiger partial charge is 0.136 e. The number of ether oxygens (including phenoxy) is 2. The van der Waals surface area contributed by atoms with Crippen LogP contribution in [-0.2, 0) is 0 Å². The van der Waals surface area contributed by atoms with Crippen molar-refractivity contribution in [2.75, 3.05) is 0 Å². The van der Waals surface area contributed by atoms with Gasteiger partial charge in [-0.1, -0.05) is 66.7 Å². The van der Waals surface area contributed by atoms with Crippen molar-refractivity contribution < 1.29 is 13.9 Å². The Kier molecular flexibility index (Phi) is 6.42. The Balaban J connectivity index is 1.38. The monoisotopic (exact) mass is 584 g/mol. The van der Waals surface area contributed by atoms with Crippen LogP contribution in [0.15, 0.2) is 138 Å². The molecule has 5 aromatic carbocycles. The number of pyridine rings is 1. The molecule has 1 aliphatic rings. The Hall–Kier alpha value is -6.07. The number of nitrogens with two attached hydrogens (primary N) is 1. The van der Waals surface area contributed by atoms with Gasteiger partial charge in [-0.15, -0.1) is 0 Å². The van der Waals surface area contributed by atoms with Crippen molar-refractivity contribution in [2.45, 2.75) is 6.92 Å². The molecule has 3 heterocycles. The molecule has 0 saturated heterocycles. The number of aromatic nitrogens is 1. The number of fused-ring (bicyclic) bond motifs is 7. The van der Waals surface area contributed by atoms with Gasteiger partial charge in [-0.25, -0.2) is 0 Å². The van der Waals surface area contributed by atoms with Crippen molar-refractivity contribution >= 4 is 17.0 Å². The molecule has 1 aliphatic heterocycles. The zero-order valence-corrected chi connectivity index (χ0v) is 24.5. The Morgan fingerprint density at radius 1 is 0.578 bits per heavy atom. The zero-order valence-electron chi connectivity index (χ0n) is 24.5. The maximum atomic E-state index is 6.88. The lowest BCUT2D eigenvalue weighted by Crippen LogP contribution is -1.98. The molecular weight excluding hydrogens is 556 g/mol. The Morgan fingerprint density at radius 2 is 1.18 bits per heavy atom. The molecule has 0 saturated carbocycles. The van der Waals surface area contributed by atoms with E-state index in [1.807, 2.05) is 79.7 Å². The fraction of sp³-hybridized carbons (Fsp3) is 0.0250. The van der Waals surface area contributed by atoms with E-state index in [9.17, 15) is 0 Å². The van der Waals surface area contributed by atoms with Gasteiger partial charge in [-0.3, -0.25) is 4.98 Å². The van der Waals surface area contributed by atoms with E-state index in [2.05, 4.69) is 59.6 Å². The third-order valence-corrected chi connectivity index (χ3v) is 8.23. The van der Waals surface area contributed by atoms with E-state index in [1.54, 1.807) is 12.4 Å². The lowest BCUT2D eigenvalue weighted by Gasteiger charge is -2.22. The summed E-state index contributed by atoms with van der Waals surface area (Å²) in [6.07, 6.45) is 5.24. The minimum atomic E-state index is 0.711. The minimum absolute atomic E-state index is 0.711. The molecule has 0 atom stereocenters. The van der Waals surface area contributed by atoms with Gasteiger partial charge < -0.3 is 19.6 Å². The van der Waals surface area contributed by atoms with Crippen LogP contribution in [0.3, 0.4) is 0 Å². The number of para-hydroxylation sites is 2. The number of benzene rings is 5. The highest BCUT2D eigenvalue weighted by atomic mass is 16.5. The van der Waals surface area contributed by atoms with Crippen LogP contribution in [0.1, 0.15) is 11.3 Å². The summed E-state index contributed by atoms with van der Waals surface area (Å²) in [4.78, 5) is 4.58. The van der Waals surface area contributed by atoms with Crippen molar-refractivity contribution in [1.29, 1.82) is 0 Å². The van der Waals surface area contributed by atoms with Crippen molar-refractivity contribution in [2.24, 2.45) is 5.73 Å². The highest BCUT2D eigenvalue weighted by Gasteiger charge is 2.22. The molecule has 0 radical (unpaired) electrons. The second-order valence-corrected chi connectivity index (χ2v) is 10.9. The van der Waals surface area contributed by atoms with E-state index in [0.29, 0.717) is 11.5 Å². The molecule has 0 aliphatic carbocycles. The van der Waals surface area contributed by atoms with Crippen molar-refractivity contribution in [3.8, 4) is 67.6 Å². The Morgan fingerprint density at radius 3 is 1.84 bits per heavy atom. The third kappa shape index (κ3) is 4.62. The summed E-state index contributed by atoms with van der Waals surface area (Å²) in [5, 5.41) is 1.01. The molecule has 0 bridgehead atoms. The van der Waals surface area contributed by atoms with Crippen LogP contribution >= 0.6 is 0 Å². The average molecular weight is 585 g/mol. The van der Waals surface area contributed by atoms with Crippen molar-refractivity contribution in [3.05, 3.63) is 145 Å². The average Bonchev–Trinajstić information content (AvgIpc) is 3.40. The van der Waals surface area contributed by atoms with Gasteiger partial charge in [0, 0.05) is 45.0 Å². The largest absolute Gasteiger partial charge is 0.461 e. The standard InChI is InChI=1S/C40H28N2O3/c1-25-28(20-21-41)40-29(11-8-15-37(40)43-25)26-16-18-32-33-19-17-27(34-12-6-7-22-42-34)24-39(33)45-36-14-5-3-10-31(36)30-9-2-4-13-35(30)44-38(32)23-26/h2-24H,41H2,1H3/b21-20-. The van der Waals surface area contributed by atoms with E-state index in [1.165, 1.54) is 0 Å². The Bertz CT molecular complexity index is 2250. The van der Waals surface area contributed by atoms with Crippen LogP contribution in [0, 0.1) is 6.92 Å². The van der Waals surface area contributed by atoms with Gasteiger partial charge >= 0.3 is 0 Å². The summed E-state index contributed by atoms with van der Waals surface area (Å²) in [5.74, 6) is 3.73. The van der Waals surface area contributed by atoms with Gasteiger partial charge in [0.15, 0.2) is 0 Å². The summed E-state index contributed by atoms with van der Waals surface area (Å²) in [6, 6.07) is 40.7. The molecule has 5 heteroatoms. The van der Waals surface area contributed by atoms with Crippen molar-refractivity contribution in [3.63, 3.8) is 0 Å². The van der Waals surface area contributed by atoms with Crippen LogP contribution in [-0.4, -0.2) is 4.98 Å². The lowest BCUT2D eigenvalue weighted by molar-refractivity contribution is 0.472. The zero-order chi connectivity index (χ0) is 30.3. The van der Waals surface area contributed by atoms with Gasteiger partial charge in [0.05, 0.1) is 5.69 Å².